The Morgan fingerprint density at radius 2 is 1.86 bits per heavy atom. The Bertz CT molecular complexity index is 1510. The summed E-state index contributed by atoms with van der Waals surface area (Å²) in [5.41, 5.74) is 10.7. The van der Waals surface area contributed by atoms with Crippen LogP contribution in [0.1, 0.15) is 35.3 Å². The lowest BCUT2D eigenvalue weighted by atomic mass is 9.96. The van der Waals surface area contributed by atoms with Gasteiger partial charge in [0.05, 0.1) is 6.67 Å². The van der Waals surface area contributed by atoms with Gasteiger partial charge in [0.1, 0.15) is 17.0 Å². The Balaban J connectivity index is 1.49. The van der Waals surface area contributed by atoms with E-state index < -0.39 is 0 Å². The van der Waals surface area contributed by atoms with Crippen LogP contribution in [0.25, 0.3) is 16.8 Å². The minimum absolute atomic E-state index is 0.00670. The van der Waals surface area contributed by atoms with E-state index in [2.05, 4.69) is 9.88 Å². The lowest BCUT2D eigenvalue weighted by molar-refractivity contribution is -0.124. The number of aromatic nitrogens is 3. The van der Waals surface area contributed by atoms with Crippen molar-refractivity contribution >= 4 is 29.0 Å². The summed E-state index contributed by atoms with van der Waals surface area (Å²) < 4.78 is 1.92. The molecule has 188 valence electrons. The average molecular weight is 495 g/mol. The molecule has 0 radical (unpaired) electrons. The van der Waals surface area contributed by atoms with Gasteiger partial charge in [-0.3, -0.25) is 14.0 Å². The molecular formula is C29H30N6O2. The molecule has 37 heavy (non-hydrogen) atoms. The molecule has 3 heterocycles. The van der Waals surface area contributed by atoms with Crippen molar-refractivity contribution in [2.24, 2.45) is 5.92 Å². The van der Waals surface area contributed by atoms with Crippen LogP contribution in [0, 0.1) is 12.8 Å². The highest BCUT2D eigenvalue weighted by atomic mass is 16.2. The van der Waals surface area contributed by atoms with E-state index in [4.69, 9.17) is 10.7 Å². The lowest BCUT2D eigenvalue weighted by Crippen LogP contribution is -2.30. The van der Waals surface area contributed by atoms with Gasteiger partial charge in [0.15, 0.2) is 5.78 Å². The summed E-state index contributed by atoms with van der Waals surface area (Å²) in [6.07, 6.45) is 7.04. The van der Waals surface area contributed by atoms with Crippen molar-refractivity contribution in [3.8, 4) is 11.3 Å². The molecule has 1 saturated heterocycles. The maximum atomic E-state index is 13.0. The zero-order valence-electron chi connectivity index (χ0n) is 21.3. The molecule has 1 aliphatic rings. The molecule has 2 N–H and O–H groups in total. The first-order valence-corrected chi connectivity index (χ1v) is 12.4. The summed E-state index contributed by atoms with van der Waals surface area (Å²) in [5, 5.41) is 0. The number of imidazole rings is 1. The van der Waals surface area contributed by atoms with Crippen LogP contribution in [-0.2, 0) is 4.79 Å². The van der Waals surface area contributed by atoms with E-state index in [1.807, 2.05) is 86.0 Å². The fourth-order valence-corrected chi connectivity index (χ4v) is 4.60. The molecule has 1 amide bonds. The van der Waals surface area contributed by atoms with Crippen molar-refractivity contribution in [1.82, 2.24) is 19.3 Å². The predicted molar refractivity (Wildman–Crippen MR) is 145 cm³/mol. The SMILES string of the molecule is Cc1cc(-c2nc(N3CCN(C(=O)/C=C/C(C)C)C3)n3ccnc(N)c23)ccc1C(=O)c1ccccc1. The first-order valence-electron chi connectivity index (χ1n) is 12.4. The number of amides is 1. The van der Waals surface area contributed by atoms with Crippen molar-refractivity contribution in [1.29, 1.82) is 0 Å². The fraction of sp³-hybridized carbons (Fsp3) is 0.241. The van der Waals surface area contributed by atoms with E-state index in [9.17, 15) is 9.59 Å². The second-order valence-corrected chi connectivity index (χ2v) is 9.63. The topological polar surface area (TPSA) is 96.8 Å². The molecule has 0 unspecified atom stereocenters. The fourth-order valence-electron chi connectivity index (χ4n) is 4.60. The van der Waals surface area contributed by atoms with Gasteiger partial charge in [-0.25, -0.2) is 9.97 Å². The number of rotatable bonds is 6. The number of fused-ring (bicyclic) bond motifs is 1. The Morgan fingerprint density at radius 3 is 2.59 bits per heavy atom. The number of ketones is 1. The molecule has 4 aromatic rings. The number of allylic oxidation sites excluding steroid dienone is 1. The summed E-state index contributed by atoms with van der Waals surface area (Å²) in [6, 6.07) is 15.0. The second-order valence-electron chi connectivity index (χ2n) is 9.63. The van der Waals surface area contributed by atoms with Gasteiger partial charge in [-0.15, -0.1) is 0 Å². The van der Waals surface area contributed by atoms with Crippen LogP contribution in [0.5, 0.6) is 0 Å². The van der Waals surface area contributed by atoms with E-state index in [0.717, 1.165) is 11.1 Å². The van der Waals surface area contributed by atoms with Gasteiger partial charge < -0.3 is 15.5 Å². The average Bonchev–Trinajstić information content (AvgIpc) is 3.53. The molecule has 0 bridgehead atoms. The standard InChI is InChI=1S/C29H30N6O2/c1-19(2)9-12-24(36)33-15-16-34(18-33)29-32-25(26-28(30)31-13-14-35(26)29)22-10-11-23(20(3)17-22)27(37)21-7-5-4-6-8-21/h4-14,17,19H,15-16,18H2,1-3H3,(H2,30,31)/b12-9+. The molecule has 5 rings (SSSR count). The second kappa shape index (κ2) is 9.89. The zero-order valence-corrected chi connectivity index (χ0v) is 21.3. The van der Waals surface area contributed by atoms with E-state index in [1.54, 1.807) is 17.2 Å². The van der Waals surface area contributed by atoms with Gasteiger partial charge in [-0.2, -0.15) is 0 Å². The minimum atomic E-state index is -0.0189. The van der Waals surface area contributed by atoms with Crippen molar-refractivity contribution < 1.29 is 9.59 Å². The highest BCUT2D eigenvalue weighted by molar-refractivity contribution is 6.10. The maximum Gasteiger partial charge on any atom is 0.247 e. The van der Waals surface area contributed by atoms with E-state index in [1.165, 1.54) is 0 Å². The highest BCUT2D eigenvalue weighted by Crippen LogP contribution is 2.33. The third-order valence-corrected chi connectivity index (χ3v) is 6.54. The predicted octanol–water partition coefficient (Wildman–Crippen LogP) is 4.34. The van der Waals surface area contributed by atoms with Crippen LogP contribution < -0.4 is 10.6 Å². The summed E-state index contributed by atoms with van der Waals surface area (Å²) >= 11 is 0. The number of hydrogen-bond acceptors (Lipinski definition) is 6. The summed E-state index contributed by atoms with van der Waals surface area (Å²) in [5.74, 6) is 1.35. The molecule has 1 aliphatic heterocycles. The molecule has 1 fully saturated rings. The van der Waals surface area contributed by atoms with Gasteiger partial charge >= 0.3 is 0 Å². The van der Waals surface area contributed by atoms with Crippen LogP contribution in [0.15, 0.2) is 73.1 Å². The largest absolute Gasteiger partial charge is 0.382 e. The third-order valence-electron chi connectivity index (χ3n) is 6.54. The molecule has 2 aromatic carbocycles. The summed E-state index contributed by atoms with van der Waals surface area (Å²) in [4.78, 5) is 38.8. The van der Waals surface area contributed by atoms with Gasteiger partial charge in [0, 0.05) is 42.2 Å². The molecule has 8 nitrogen and oxygen atoms in total. The molecular weight excluding hydrogens is 464 g/mol. The first-order chi connectivity index (χ1) is 17.8. The van der Waals surface area contributed by atoms with E-state index in [-0.39, 0.29) is 11.7 Å². The van der Waals surface area contributed by atoms with Crippen LogP contribution in [0.3, 0.4) is 0 Å². The smallest absolute Gasteiger partial charge is 0.247 e. The van der Waals surface area contributed by atoms with Crippen molar-refractivity contribution in [2.45, 2.75) is 20.8 Å². The van der Waals surface area contributed by atoms with Gasteiger partial charge in [0.2, 0.25) is 11.9 Å². The number of hydrogen-bond donors (Lipinski definition) is 1. The van der Waals surface area contributed by atoms with Crippen molar-refractivity contribution in [2.75, 3.05) is 30.4 Å². The first kappa shape index (κ1) is 24.2. The van der Waals surface area contributed by atoms with Crippen LogP contribution in [0.2, 0.25) is 0 Å². The Kier molecular flexibility index (Phi) is 6.48. The number of carbonyl (C=O) groups excluding carboxylic acids is 2. The number of nitrogen functional groups attached to an aromatic ring is 1. The van der Waals surface area contributed by atoms with Crippen LogP contribution in [0.4, 0.5) is 11.8 Å². The summed E-state index contributed by atoms with van der Waals surface area (Å²) in [6.45, 7) is 7.72. The van der Waals surface area contributed by atoms with Crippen molar-refractivity contribution in [3.63, 3.8) is 0 Å². The Morgan fingerprint density at radius 1 is 1.08 bits per heavy atom. The molecule has 0 saturated carbocycles. The maximum absolute atomic E-state index is 13.0. The highest BCUT2D eigenvalue weighted by Gasteiger charge is 2.28. The number of aryl methyl sites for hydroxylation is 1. The normalized spacial score (nSPS) is 13.8. The lowest BCUT2D eigenvalue weighted by Gasteiger charge is -2.17. The van der Waals surface area contributed by atoms with Gasteiger partial charge in [-0.1, -0.05) is 62.4 Å². The molecule has 8 heteroatoms. The van der Waals surface area contributed by atoms with Crippen LogP contribution in [-0.4, -0.2) is 50.7 Å². The third kappa shape index (κ3) is 4.70. The number of carbonyl (C=O) groups is 2. The molecule has 0 atom stereocenters. The summed E-state index contributed by atoms with van der Waals surface area (Å²) in [7, 11) is 0. The molecule has 0 aliphatic carbocycles. The van der Waals surface area contributed by atoms with E-state index >= 15 is 0 Å². The minimum Gasteiger partial charge on any atom is -0.382 e. The quantitative estimate of drug-likeness (QED) is 0.316. The van der Waals surface area contributed by atoms with Crippen LogP contribution >= 0.6 is 0 Å². The number of nitrogens with two attached hydrogens (primary N) is 1. The van der Waals surface area contributed by atoms with Gasteiger partial charge in [-0.05, 0) is 30.5 Å². The van der Waals surface area contributed by atoms with Gasteiger partial charge in [0.25, 0.3) is 0 Å². The van der Waals surface area contributed by atoms with E-state index in [0.29, 0.717) is 59.8 Å². The van der Waals surface area contributed by atoms with Crippen molar-refractivity contribution in [3.05, 3.63) is 89.8 Å². The Labute approximate surface area is 216 Å². The number of benzene rings is 2. The molecule has 2 aromatic heterocycles. The number of anilines is 2. The molecule has 0 spiro atoms. The zero-order chi connectivity index (χ0) is 26.1. The Hall–Kier alpha value is -4.46. The number of nitrogens with zero attached hydrogens (tertiary/aromatic N) is 5. The monoisotopic (exact) mass is 494 g/mol.